The highest BCUT2D eigenvalue weighted by Gasteiger charge is 2.37. The maximum atomic E-state index is 14.0. The second kappa shape index (κ2) is 11.0. The van der Waals surface area contributed by atoms with Crippen molar-refractivity contribution in [2.45, 2.75) is 38.8 Å². The van der Waals surface area contributed by atoms with E-state index in [0.717, 1.165) is 5.69 Å². The second-order valence-electron chi connectivity index (χ2n) is 9.40. The van der Waals surface area contributed by atoms with Gasteiger partial charge in [-0.25, -0.2) is 4.39 Å². The van der Waals surface area contributed by atoms with E-state index >= 15 is 0 Å². The first-order chi connectivity index (χ1) is 17.4. The molecule has 1 heterocycles. The Labute approximate surface area is 219 Å². The van der Waals surface area contributed by atoms with Gasteiger partial charge < -0.3 is 21.7 Å². The lowest BCUT2D eigenvalue weighted by atomic mass is 9.97. The van der Waals surface area contributed by atoms with Gasteiger partial charge in [-0.1, -0.05) is 19.1 Å². The highest BCUT2D eigenvalue weighted by atomic mass is 32.1. The van der Waals surface area contributed by atoms with Gasteiger partial charge in [0.05, 0.1) is 5.69 Å². The monoisotopic (exact) mass is 526 g/mol. The Balaban J connectivity index is 2.23. The molecular formula is C26H31FN6O3S. The molecule has 3 aromatic rings. The molecule has 0 spiro atoms. The average molecular weight is 527 g/mol. The van der Waals surface area contributed by atoms with Crippen LogP contribution in [0.15, 0.2) is 48.5 Å². The largest absolute Gasteiger partial charge is 0.395 e. The Bertz CT molecular complexity index is 1290. The molecule has 9 nitrogen and oxygen atoms in total. The van der Waals surface area contributed by atoms with Gasteiger partial charge in [0.15, 0.2) is 5.69 Å². The van der Waals surface area contributed by atoms with E-state index in [1.165, 1.54) is 29.2 Å². The number of amides is 3. The molecule has 1 aromatic heterocycles. The molecule has 0 bridgehead atoms. The molecular weight excluding hydrogens is 495 g/mol. The molecule has 37 heavy (non-hydrogen) atoms. The third-order valence-corrected chi connectivity index (χ3v) is 6.91. The molecule has 2 aromatic carbocycles. The number of nitrogen functional groups attached to an aromatic ring is 1. The van der Waals surface area contributed by atoms with Gasteiger partial charge in [0, 0.05) is 31.0 Å². The summed E-state index contributed by atoms with van der Waals surface area (Å²) < 4.78 is 17.8. The molecule has 0 aliphatic rings. The smallest absolute Gasteiger partial charge is 0.273 e. The van der Waals surface area contributed by atoms with E-state index in [1.807, 2.05) is 51.9 Å². The van der Waals surface area contributed by atoms with Crippen molar-refractivity contribution in [2.24, 2.45) is 5.73 Å². The molecule has 0 fully saturated rings. The van der Waals surface area contributed by atoms with Crippen molar-refractivity contribution in [3.05, 3.63) is 70.5 Å². The summed E-state index contributed by atoms with van der Waals surface area (Å²) in [5.41, 5.74) is 12.1. The summed E-state index contributed by atoms with van der Waals surface area (Å²) in [5.74, 6) is -2.51. The molecule has 0 radical (unpaired) electrons. The number of anilines is 3. The highest BCUT2D eigenvalue weighted by molar-refractivity contribution is 7.09. The predicted molar refractivity (Wildman–Crippen MR) is 144 cm³/mol. The molecule has 0 saturated heterocycles. The maximum absolute atomic E-state index is 14.0. The lowest BCUT2D eigenvalue weighted by molar-refractivity contribution is -0.124. The quantitative estimate of drug-likeness (QED) is 0.389. The summed E-state index contributed by atoms with van der Waals surface area (Å²) in [6, 6.07) is 11.2. The SMILES string of the molecule is CCC(C)(C)NC(=O)[C@H](c1ccc(N(C)C)cc1)N(C(=O)c1snc(C(N)=O)c1N)c1ccc(F)cc1. The standard InChI is InChI=1S/C26H31FN6O3S/c1-6-26(2,3)30-24(35)21(15-7-11-17(12-8-15)32(4)5)33(18-13-9-16(27)10-14-18)25(36)22-19(28)20(23(29)34)31-37-22/h7-14,21H,6,28H2,1-5H3,(H2,29,34)(H,30,35)/t21-/m0/s1. The number of nitrogens with two attached hydrogens (primary N) is 2. The average Bonchev–Trinajstić information content (AvgIpc) is 3.24. The van der Waals surface area contributed by atoms with Crippen LogP contribution in [0, 0.1) is 5.82 Å². The van der Waals surface area contributed by atoms with Crippen molar-refractivity contribution >= 4 is 46.3 Å². The number of hydrogen-bond donors (Lipinski definition) is 3. The van der Waals surface area contributed by atoms with Gasteiger partial charge in [0.1, 0.15) is 16.7 Å². The number of halogens is 1. The van der Waals surface area contributed by atoms with Crippen LogP contribution < -0.4 is 26.6 Å². The van der Waals surface area contributed by atoms with E-state index < -0.39 is 35.1 Å². The Kier molecular flexibility index (Phi) is 8.17. The zero-order valence-electron chi connectivity index (χ0n) is 21.4. The first kappa shape index (κ1) is 27.6. The van der Waals surface area contributed by atoms with Crippen LogP contribution in [0.5, 0.6) is 0 Å². The summed E-state index contributed by atoms with van der Waals surface area (Å²) in [6.45, 7) is 5.69. The van der Waals surface area contributed by atoms with Crippen LogP contribution in [0.25, 0.3) is 0 Å². The first-order valence-electron chi connectivity index (χ1n) is 11.6. The highest BCUT2D eigenvalue weighted by Crippen LogP contribution is 2.34. The molecule has 196 valence electrons. The van der Waals surface area contributed by atoms with E-state index in [1.54, 1.807) is 12.1 Å². The van der Waals surface area contributed by atoms with Crippen molar-refractivity contribution in [1.29, 1.82) is 0 Å². The molecule has 3 rings (SSSR count). The maximum Gasteiger partial charge on any atom is 0.273 e. The second-order valence-corrected chi connectivity index (χ2v) is 10.2. The predicted octanol–water partition coefficient (Wildman–Crippen LogP) is 3.72. The van der Waals surface area contributed by atoms with E-state index in [2.05, 4.69) is 9.69 Å². The Morgan fingerprint density at radius 3 is 2.11 bits per heavy atom. The Morgan fingerprint density at radius 2 is 1.62 bits per heavy atom. The third-order valence-electron chi connectivity index (χ3n) is 6.06. The molecule has 1 atom stereocenters. The van der Waals surface area contributed by atoms with Crippen LogP contribution in [0.2, 0.25) is 0 Å². The summed E-state index contributed by atoms with van der Waals surface area (Å²) >= 11 is 0.708. The van der Waals surface area contributed by atoms with Crippen molar-refractivity contribution in [2.75, 3.05) is 29.6 Å². The Morgan fingerprint density at radius 1 is 1.05 bits per heavy atom. The number of hydrogen-bond acceptors (Lipinski definition) is 7. The molecule has 0 aliphatic heterocycles. The summed E-state index contributed by atoms with van der Waals surface area (Å²) in [6.07, 6.45) is 0.638. The zero-order valence-corrected chi connectivity index (χ0v) is 22.2. The van der Waals surface area contributed by atoms with Gasteiger partial charge in [0.2, 0.25) is 5.91 Å². The van der Waals surface area contributed by atoms with Crippen LogP contribution in [0.1, 0.15) is 59.0 Å². The molecule has 0 saturated carbocycles. The van der Waals surface area contributed by atoms with Crippen LogP contribution >= 0.6 is 11.5 Å². The normalized spacial score (nSPS) is 12.1. The summed E-state index contributed by atoms with van der Waals surface area (Å²) in [5, 5.41) is 3.01. The minimum absolute atomic E-state index is 0.0596. The molecule has 0 aliphatic carbocycles. The summed E-state index contributed by atoms with van der Waals surface area (Å²) in [4.78, 5) is 42.7. The van der Waals surface area contributed by atoms with Crippen molar-refractivity contribution in [3.63, 3.8) is 0 Å². The lowest BCUT2D eigenvalue weighted by Crippen LogP contribution is -2.50. The lowest BCUT2D eigenvalue weighted by Gasteiger charge is -2.34. The van der Waals surface area contributed by atoms with E-state index in [9.17, 15) is 18.8 Å². The van der Waals surface area contributed by atoms with Crippen LogP contribution in [-0.4, -0.2) is 41.7 Å². The van der Waals surface area contributed by atoms with Crippen LogP contribution in [0.4, 0.5) is 21.5 Å². The number of primary amides is 1. The number of nitrogens with one attached hydrogen (secondary N) is 1. The minimum Gasteiger partial charge on any atom is -0.395 e. The van der Waals surface area contributed by atoms with Gasteiger partial charge >= 0.3 is 0 Å². The number of rotatable bonds is 9. The molecule has 11 heteroatoms. The molecule has 5 N–H and O–H groups in total. The number of benzene rings is 2. The van der Waals surface area contributed by atoms with E-state index in [0.29, 0.717) is 23.5 Å². The van der Waals surface area contributed by atoms with Gasteiger partial charge in [0.25, 0.3) is 11.8 Å². The van der Waals surface area contributed by atoms with Gasteiger partial charge in [-0.15, -0.1) is 0 Å². The van der Waals surface area contributed by atoms with Crippen molar-refractivity contribution in [3.8, 4) is 0 Å². The van der Waals surface area contributed by atoms with Crippen LogP contribution in [0.3, 0.4) is 0 Å². The Hall–Kier alpha value is -3.99. The number of carbonyl (C=O) groups is 3. The fourth-order valence-corrected chi connectivity index (χ4v) is 4.33. The molecule has 0 unspecified atom stereocenters. The van der Waals surface area contributed by atoms with Gasteiger partial charge in [-0.3, -0.25) is 19.3 Å². The summed E-state index contributed by atoms with van der Waals surface area (Å²) in [7, 11) is 3.78. The number of nitrogens with zero attached hydrogens (tertiary/aromatic N) is 3. The first-order valence-corrected chi connectivity index (χ1v) is 12.4. The van der Waals surface area contributed by atoms with Gasteiger partial charge in [-0.2, -0.15) is 4.37 Å². The van der Waals surface area contributed by atoms with Crippen molar-refractivity contribution in [1.82, 2.24) is 9.69 Å². The third kappa shape index (κ3) is 6.05. The van der Waals surface area contributed by atoms with Crippen LogP contribution in [-0.2, 0) is 4.79 Å². The molecule has 3 amide bonds. The fourth-order valence-electron chi connectivity index (χ4n) is 3.59. The number of carbonyl (C=O) groups excluding carboxylic acids is 3. The number of aromatic nitrogens is 1. The van der Waals surface area contributed by atoms with E-state index in [-0.39, 0.29) is 21.9 Å². The topological polar surface area (TPSA) is 135 Å². The van der Waals surface area contributed by atoms with Crippen molar-refractivity contribution < 1.29 is 18.8 Å². The van der Waals surface area contributed by atoms with E-state index in [4.69, 9.17) is 11.5 Å². The fraction of sp³-hybridized carbons (Fsp3) is 0.308. The zero-order chi connectivity index (χ0) is 27.5. The minimum atomic E-state index is -1.15. The van der Waals surface area contributed by atoms with Gasteiger partial charge in [-0.05, 0) is 73.8 Å².